The predicted molar refractivity (Wildman–Crippen MR) is 264 cm³/mol. The molecule has 0 saturated heterocycles. The van der Waals surface area contributed by atoms with Gasteiger partial charge in [0.25, 0.3) is 0 Å². The predicted octanol–water partition coefficient (Wildman–Crippen LogP) is 14.3. The number of aromatic nitrogens is 5. The molecule has 9 aromatic rings. The van der Waals surface area contributed by atoms with Crippen LogP contribution in [-0.4, -0.2) is 24.5 Å². The summed E-state index contributed by atoms with van der Waals surface area (Å²) in [5.74, 6) is 2.47. The fraction of sp³-hybridized carbons (Fsp3) is 0.211. The molecule has 65 heavy (non-hydrogen) atoms. The van der Waals surface area contributed by atoms with E-state index in [-0.39, 0.29) is 37.3 Å². The molecule has 8 heteroatoms. The van der Waals surface area contributed by atoms with Crippen molar-refractivity contribution in [2.24, 2.45) is 0 Å². The summed E-state index contributed by atoms with van der Waals surface area (Å²) in [6, 6.07) is 56.1. The fourth-order valence-electron chi connectivity index (χ4n) is 8.82. The zero-order valence-corrected chi connectivity index (χ0v) is 40.7. The Morgan fingerprint density at radius 3 is 1.78 bits per heavy atom. The Kier molecular flexibility index (Phi) is 11.1. The minimum atomic E-state index is -0.0849. The summed E-state index contributed by atoms with van der Waals surface area (Å²) in [7, 11) is 0. The maximum atomic E-state index is 5.21. The molecule has 0 unspecified atom stereocenters. The smallest absolute Gasteiger partial charge is 0.144 e. The normalized spacial score (nSPS) is 13.1. The molecule has 0 atom stereocenters. The van der Waals surface area contributed by atoms with Crippen LogP contribution in [0.3, 0.4) is 0 Å². The molecular weight excluding hydrogens is 978 g/mol. The van der Waals surface area contributed by atoms with E-state index in [0.717, 1.165) is 61.4 Å². The largest absolute Gasteiger partial charge is 0.488 e. The summed E-state index contributed by atoms with van der Waals surface area (Å²) >= 11 is 0. The summed E-state index contributed by atoms with van der Waals surface area (Å²) in [4.78, 5) is 25.0. The third-order valence-electron chi connectivity index (χ3n) is 12.1. The van der Waals surface area contributed by atoms with Gasteiger partial charge in [-0.2, -0.15) is 0 Å². The van der Waals surface area contributed by atoms with Gasteiger partial charge >= 0.3 is 0 Å². The second-order valence-corrected chi connectivity index (χ2v) is 19.8. The van der Waals surface area contributed by atoms with Gasteiger partial charge in [0.15, 0.2) is 0 Å². The SMILES string of the molecule is CC(C)(C)c1ccnc(-n2c3[c-]c(-c4nc(-c5[c-]c(N6[CH-]N(c7c(C(C)(C)C)cccc7C(C)(C)C)c7ccccc76)ccc5)nc(-c5ccccc5)n4)ccc3c3ccccc32)c1.[Pt]. The van der Waals surface area contributed by atoms with E-state index < -0.39 is 0 Å². The average Bonchev–Trinajstić information content (AvgIpc) is 3.84. The number of fused-ring (bicyclic) bond motifs is 4. The van der Waals surface area contributed by atoms with Gasteiger partial charge in [-0.25, -0.2) is 4.98 Å². The summed E-state index contributed by atoms with van der Waals surface area (Å²) in [5.41, 5.74) is 12.2. The van der Waals surface area contributed by atoms with Crippen molar-refractivity contribution in [3.05, 3.63) is 181 Å². The number of anilines is 4. The number of nitrogens with zero attached hydrogens (tertiary/aromatic N) is 7. The zero-order valence-electron chi connectivity index (χ0n) is 38.4. The molecule has 7 nitrogen and oxygen atoms in total. The monoisotopic (exact) mass is 1030 g/mol. The average molecular weight is 1030 g/mol. The van der Waals surface area contributed by atoms with Crippen LogP contribution in [0.25, 0.3) is 61.8 Å². The Bertz CT molecular complexity index is 3190. The van der Waals surface area contributed by atoms with E-state index in [2.05, 4.69) is 199 Å². The molecule has 3 aromatic heterocycles. The number of hydrogen-bond donors (Lipinski definition) is 0. The minimum Gasteiger partial charge on any atom is -0.488 e. The Morgan fingerprint density at radius 1 is 0.508 bits per heavy atom. The summed E-state index contributed by atoms with van der Waals surface area (Å²) in [6.07, 6.45) is 1.90. The van der Waals surface area contributed by atoms with Gasteiger partial charge in [-0.1, -0.05) is 152 Å². The van der Waals surface area contributed by atoms with E-state index in [9.17, 15) is 0 Å². The van der Waals surface area contributed by atoms with E-state index >= 15 is 0 Å². The molecule has 328 valence electrons. The van der Waals surface area contributed by atoms with Crippen LogP contribution in [0.4, 0.5) is 22.7 Å². The first kappa shape index (κ1) is 43.8. The Morgan fingerprint density at radius 2 is 1.11 bits per heavy atom. The van der Waals surface area contributed by atoms with Gasteiger partial charge in [0.05, 0.1) is 11.6 Å². The summed E-state index contributed by atoms with van der Waals surface area (Å²) in [5, 5.41) is 2.21. The molecule has 0 fully saturated rings. The van der Waals surface area contributed by atoms with Crippen LogP contribution in [0.2, 0.25) is 0 Å². The minimum absolute atomic E-state index is 0. The summed E-state index contributed by atoms with van der Waals surface area (Å²) in [6.45, 7) is 22.6. The first-order valence-corrected chi connectivity index (χ1v) is 22.1. The fourth-order valence-corrected chi connectivity index (χ4v) is 8.82. The van der Waals surface area contributed by atoms with Crippen LogP contribution in [0.1, 0.15) is 79.0 Å². The molecule has 10 rings (SSSR count). The van der Waals surface area contributed by atoms with Crippen molar-refractivity contribution in [3.63, 3.8) is 0 Å². The van der Waals surface area contributed by atoms with Crippen LogP contribution in [0.15, 0.2) is 146 Å². The topological polar surface area (TPSA) is 63.0 Å². The molecule has 0 radical (unpaired) electrons. The number of para-hydroxylation sites is 4. The van der Waals surface area contributed by atoms with Gasteiger partial charge in [-0.3, -0.25) is 9.97 Å². The van der Waals surface area contributed by atoms with E-state index in [1.165, 1.54) is 22.4 Å². The molecule has 0 N–H and O–H groups in total. The van der Waals surface area contributed by atoms with Gasteiger partial charge in [-0.15, -0.1) is 60.3 Å². The molecule has 4 heterocycles. The molecule has 0 amide bonds. The molecule has 0 spiro atoms. The first-order valence-electron chi connectivity index (χ1n) is 22.1. The Labute approximate surface area is 397 Å². The standard InChI is InChI=1S/C57H52N7.Pt/c1-55(2,3)40-31-32-58-50(35-40)64-46-26-14-13-23-42(46)43-30-29-39(34-49(43)64)54-60-52(37-19-11-10-12-20-37)59-53(61-54)38-21-17-22-41(33-38)62-36-63(48-28-16-15-27-47(48)62)51-44(56(4,5)6)24-18-25-45(51)57(7,8)9;/h10-32,35-36H,1-9H3;/q-3;. The van der Waals surface area contributed by atoms with Crippen molar-refractivity contribution in [3.8, 4) is 40.0 Å². The molecule has 0 bridgehead atoms. The number of pyridine rings is 1. The Balaban J connectivity index is 0.00000533. The third-order valence-corrected chi connectivity index (χ3v) is 12.1. The molecular formula is C57H52N7Pt-3. The molecule has 0 aliphatic carbocycles. The number of benzene rings is 6. The molecule has 1 aliphatic heterocycles. The van der Waals surface area contributed by atoms with Gasteiger partial charge in [0.2, 0.25) is 0 Å². The van der Waals surface area contributed by atoms with E-state index in [0.29, 0.717) is 17.5 Å². The van der Waals surface area contributed by atoms with Gasteiger partial charge < -0.3 is 19.4 Å². The van der Waals surface area contributed by atoms with Crippen molar-refractivity contribution in [1.29, 1.82) is 0 Å². The van der Waals surface area contributed by atoms with Gasteiger partial charge in [-0.05, 0) is 74.2 Å². The molecule has 1 aliphatic rings. The van der Waals surface area contributed by atoms with Gasteiger partial charge in [0.1, 0.15) is 11.6 Å². The van der Waals surface area contributed by atoms with Crippen molar-refractivity contribution in [1.82, 2.24) is 24.5 Å². The maximum Gasteiger partial charge on any atom is 0.144 e. The van der Waals surface area contributed by atoms with Crippen LogP contribution in [0, 0.1) is 18.8 Å². The maximum absolute atomic E-state index is 5.21. The quantitative estimate of drug-likeness (QED) is 0.155. The van der Waals surface area contributed by atoms with E-state index in [1.54, 1.807) is 0 Å². The first-order chi connectivity index (χ1) is 30.6. The zero-order chi connectivity index (χ0) is 44.5. The molecule has 0 saturated carbocycles. The van der Waals surface area contributed by atoms with Crippen LogP contribution in [0.5, 0.6) is 0 Å². The summed E-state index contributed by atoms with van der Waals surface area (Å²) < 4.78 is 2.21. The van der Waals surface area contributed by atoms with Gasteiger partial charge in [0, 0.05) is 55.4 Å². The Hall–Kier alpha value is -6.43. The second-order valence-electron chi connectivity index (χ2n) is 19.8. The van der Waals surface area contributed by atoms with Crippen LogP contribution < -0.4 is 9.80 Å². The van der Waals surface area contributed by atoms with Crippen LogP contribution in [-0.2, 0) is 37.3 Å². The second kappa shape index (κ2) is 16.5. The van der Waals surface area contributed by atoms with E-state index in [4.69, 9.17) is 19.9 Å². The number of rotatable bonds is 6. The van der Waals surface area contributed by atoms with Crippen molar-refractivity contribution >= 4 is 44.6 Å². The van der Waals surface area contributed by atoms with Crippen LogP contribution >= 0.6 is 0 Å². The van der Waals surface area contributed by atoms with E-state index in [1.807, 2.05) is 42.6 Å². The van der Waals surface area contributed by atoms with Crippen molar-refractivity contribution in [2.45, 2.75) is 78.6 Å². The van der Waals surface area contributed by atoms with Crippen molar-refractivity contribution < 1.29 is 21.1 Å². The van der Waals surface area contributed by atoms with Crippen molar-refractivity contribution in [2.75, 3.05) is 9.80 Å². The third kappa shape index (κ3) is 8.05. The number of hydrogen-bond acceptors (Lipinski definition) is 6. The molecule has 6 aromatic carbocycles.